The van der Waals surface area contributed by atoms with Gasteiger partial charge in [-0.1, -0.05) is 6.07 Å². The van der Waals surface area contributed by atoms with E-state index in [1.54, 1.807) is 11.3 Å². The van der Waals surface area contributed by atoms with Crippen LogP contribution in [0.2, 0.25) is 0 Å². The molecule has 1 N–H and O–H groups in total. The maximum Gasteiger partial charge on any atom is 0.160 e. The fraction of sp³-hybridized carbons (Fsp3) is 0.308. The number of rotatable bonds is 4. The van der Waals surface area contributed by atoms with Gasteiger partial charge in [-0.15, -0.1) is 21.5 Å². The van der Waals surface area contributed by atoms with Crippen LogP contribution in [0.25, 0.3) is 5.65 Å². The number of nitrogens with one attached hydrogen (secondary N) is 1. The number of aryl methyl sites for hydroxylation is 1. The average Bonchev–Trinajstić information content (AvgIpc) is 3.02. The molecule has 5 nitrogen and oxygen atoms in total. The van der Waals surface area contributed by atoms with Gasteiger partial charge in [-0.3, -0.25) is 4.40 Å². The van der Waals surface area contributed by atoms with Crippen molar-refractivity contribution in [2.45, 2.75) is 26.4 Å². The van der Waals surface area contributed by atoms with Crippen LogP contribution in [-0.4, -0.2) is 19.6 Å². The standard InChI is InChI=1S/C13H15N5S/c1-9(14-7-11-8-15-10(2)19-11)13-17-16-12-5-3-4-6-18(12)13/h3-6,8-9,14H,7H2,1-2H3. The van der Waals surface area contributed by atoms with Gasteiger partial charge < -0.3 is 5.32 Å². The van der Waals surface area contributed by atoms with Crippen molar-refractivity contribution in [3.05, 3.63) is 46.3 Å². The first-order valence-electron chi connectivity index (χ1n) is 6.18. The second kappa shape index (κ2) is 5.07. The summed E-state index contributed by atoms with van der Waals surface area (Å²) in [5.74, 6) is 0.928. The first-order valence-corrected chi connectivity index (χ1v) is 7.00. The van der Waals surface area contributed by atoms with Crippen molar-refractivity contribution in [1.82, 2.24) is 24.9 Å². The smallest absolute Gasteiger partial charge is 0.160 e. The lowest BCUT2D eigenvalue weighted by atomic mass is 10.3. The van der Waals surface area contributed by atoms with Gasteiger partial charge in [0, 0.05) is 23.8 Å². The third-order valence-corrected chi connectivity index (χ3v) is 3.89. The van der Waals surface area contributed by atoms with E-state index in [2.05, 4.69) is 27.4 Å². The molecule has 98 valence electrons. The molecule has 0 aliphatic rings. The summed E-state index contributed by atoms with van der Waals surface area (Å²) in [6.45, 7) is 4.91. The van der Waals surface area contributed by atoms with Crippen LogP contribution in [0.4, 0.5) is 0 Å². The zero-order valence-corrected chi connectivity index (χ0v) is 11.7. The van der Waals surface area contributed by atoms with Gasteiger partial charge in [-0.2, -0.15) is 0 Å². The molecule has 6 heteroatoms. The Morgan fingerprint density at radius 2 is 2.26 bits per heavy atom. The molecule has 3 heterocycles. The fourth-order valence-electron chi connectivity index (χ4n) is 1.99. The third kappa shape index (κ3) is 2.50. The molecule has 0 aliphatic carbocycles. The SMILES string of the molecule is Cc1ncc(CNC(C)c2nnc3ccccn23)s1. The zero-order valence-electron chi connectivity index (χ0n) is 10.9. The van der Waals surface area contributed by atoms with Crippen LogP contribution in [0.3, 0.4) is 0 Å². The molecule has 0 saturated carbocycles. The molecular formula is C13H15N5S. The van der Waals surface area contributed by atoms with Gasteiger partial charge in [-0.05, 0) is 26.0 Å². The Kier molecular flexibility index (Phi) is 3.27. The van der Waals surface area contributed by atoms with Crippen molar-refractivity contribution in [2.75, 3.05) is 0 Å². The van der Waals surface area contributed by atoms with Gasteiger partial charge in [0.25, 0.3) is 0 Å². The highest BCUT2D eigenvalue weighted by atomic mass is 32.1. The highest BCUT2D eigenvalue weighted by Gasteiger charge is 2.12. The molecule has 0 radical (unpaired) electrons. The molecule has 0 fully saturated rings. The minimum atomic E-state index is 0.139. The topological polar surface area (TPSA) is 55.1 Å². The summed E-state index contributed by atoms with van der Waals surface area (Å²) < 4.78 is 2.01. The average molecular weight is 273 g/mol. The number of aromatic nitrogens is 4. The zero-order chi connectivity index (χ0) is 13.2. The van der Waals surface area contributed by atoms with E-state index in [1.165, 1.54) is 4.88 Å². The molecule has 0 aliphatic heterocycles. The Morgan fingerprint density at radius 1 is 1.37 bits per heavy atom. The third-order valence-electron chi connectivity index (χ3n) is 2.98. The maximum absolute atomic E-state index is 4.25. The fourth-order valence-corrected chi connectivity index (χ4v) is 2.73. The van der Waals surface area contributed by atoms with Crippen molar-refractivity contribution in [2.24, 2.45) is 0 Å². The molecule has 0 spiro atoms. The van der Waals surface area contributed by atoms with Crippen LogP contribution in [0.15, 0.2) is 30.6 Å². The summed E-state index contributed by atoms with van der Waals surface area (Å²) in [6, 6.07) is 6.04. The van der Waals surface area contributed by atoms with E-state index in [0.29, 0.717) is 0 Å². The maximum atomic E-state index is 4.25. The molecule has 19 heavy (non-hydrogen) atoms. The number of hydrogen-bond acceptors (Lipinski definition) is 5. The predicted octanol–water partition coefficient (Wildman–Crippen LogP) is 2.35. The summed E-state index contributed by atoms with van der Waals surface area (Å²) in [5, 5.41) is 13.0. The minimum absolute atomic E-state index is 0.139. The lowest BCUT2D eigenvalue weighted by Gasteiger charge is -2.10. The summed E-state index contributed by atoms with van der Waals surface area (Å²) in [4.78, 5) is 5.49. The summed E-state index contributed by atoms with van der Waals surface area (Å²) >= 11 is 1.71. The van der Waals surface area contributed by atoms with E-state index in [4.69, 9.17) is 0 Å². The second-order valence-corrected chi connectivity index (χ2v) is 5.75. The van der Waals surface area contributed by atoms with Gasteiger partial charge >= 0.3 is 0 Å². The van der Waals surface area contributed by atoms with Gasteiger partial charge in [0.15, 0.2) is 11.5 Å². The largest absolute Gasteiger partial charge is 0.303 e. The highest BCUT2D eigenvalue weighted by molar-refractivity contribution is 7.11. The predicted molar refractivity (Wildman–Crippen MR) is 75.1 cm³/mol. The van der Waals surface area contributed by atoms with E-state index in [1.807, 2.05) is 41.9 Å². The van der Waals surface area contributed by atoms with Crippen molar-refractivity contribution in [3.63, 3.8) is 0 Å². The van der Waals surface area contributed by atoms with Crippen LogP contribution in [0, 0.1) is 6.92 Å². The highest BCUT2D eigenvalue weighted by Crippen LogP contribution is 2.15. The first kappa shape index (κ1) is 12.3. The number of pyridine rings is 1. The second-order valence-electron chi connectivity index (χ2n) is 4.44. The van der Waals surface area contributed by atoms with E-state index in [0.717, 1.165) is 23.0 Å². The van der Waals surface area contributed by atoms with Crippen molar-refractivity contribution >= 4 is 17.0 Å². The minimum Gasteiger partial charge on any atom is -0.303 e. The van der Waals surface area contributed by atoms with E-state index >= 15 is 0 Å². The molecule has 3 aromatic heterocycles. The molecule has 0 bridgehead atoms. The molecule has 3 aromatic rings. The number of hydrogen-bond donors (Lipinski definition) is 1. The van der Waals surface area contributed by atoms with Crippen LogP contribution in [0.1, 0.15) is 28.7 Å². The van der Waals surface area contributed by atoms with Crippen molar-refractivity contribution in [1.29, 1.82) is 0 Å². The molecule has 0 aromatic carbocycles. The summed E-state index contributed by atoms with van der Waals surface area (Å²) in [6.07, 6.45) is 3.90. The van der Waals surface area contributed by atoms with Crippen LogP contribution in [-0.2, 0) is 6.54 Å². The molecule has 0 amide bonds. The normalized spacial score (nSPS) is 12.9. The van der Waals surface area contributed by atoms with E-state index < -0.39 is 0 Å². The van der Waals surface area contributed by atoms with Gasteiger partial charge in [0.05, 0.1) is 11.0 Å². The van der Waals surface area contributed by atoms with Crippen LogP contribution < -0.4 is 5.32 Å². The Labute approximate surface area is 115 Å². The summed E-state index contributed by atoms with van der Waals surface area (Å²) in [5.41, 5.74) is 0.875. The lowest BCUT2D eigenvalue weighted by molar-refractivity contribution is 0.544. The van der Waals surface area contributed by atoms with Gasteiger partial charge in [0.2, 0.25) is 0 Å². The first-order chi connectivity index (χ1) is 9.24. The Bertz CT molecular complexity index is 687. The molecule has 0 saturated heterocycles. The van der Waals surface area contributed by atoms with Crippen LogP contribution >= 0.6 is 11.3 Å². The Hall–Kier alpha value is -1.79. The Balaban J connectivity index is 1.75. The summed E-state index contributed by atoms with van der Waals surface area (Å²) in [7, 11) is 0. The van der Waals surface area contributed by atoms with E-state index in [-0.39, 0.29) is 6.04 Å². The van der Waals surface area contributed by atoms with Crippen molar-refractivity contribution < 1.29 is 0 Å². The monoisotopic (exact) mass is 273 g/mol. The quantitative estimate of drug-likeness (QED) is 0.792. The lowest BCUT2D eigenvalue weighted by Crippen LogP contribution is -2.19. The molecular weight excluding hydrogens is 258 g/mol. The van der Waals surface area contributed by atoms with Crippen LogP contribution in [0.5, 0.6) is 0 Å². The van der Waals surface area contributed by atoms with Gasteiger partial charge in [0.1, 0.15) is 0 Å². The van der Waals surface area contributed by atoms with Gasteiger partial charge in [-0.25, -0.2) is 4.98 Å². The number of thiazole rings is 1. The van der Waals surface area contributed by atoms with Crippen molar-refractivity contribution in [3.8, 4) is 0 Å². The number of fused-ring (bicyclic) bond motifs is 1. The van der Waals surface area contributed by atoms with E-state index in [9.17, 15) is 0 Å². The molecule has 1 atom stereocenters. The molecule has 3 rings (SSSR count). The molecule has 1 unspecified atom stereocenters. The number of nitrogens with zero attached hydrogens (tertiary/aromatic N) is 4. The Morgan fingerprint density at radius 3 is 3.05 bits per heavy atom.